The molecule has 3 rings (SSSR count). The van der Waals surface area contributed by atoms with Gasteiger partial charge in [0.05, 0.1) is 6.54 Å². The Morgan fingerprint density at radius 2 is 2.00 bits per heavy atom. The van der Waals surface area contributed by atoms with E-state index in [1.54, 1.807) is 34.4 Å². The van der Waals surface area contributed by atoms with Crippen LogP contribution in [0, 0.1) is 0 Å². The number of nitrogens with one attached hydrogen (secondary N) is 1. The molecule has 24 heavy (non-hydrogen) atoms. The lowest BCUT2D eigenvalue weighted by Gasteiger charge is -2.15. The van der Waals surface area contributed by atoms with E-state index in [4.69, 9.17) is 4.74 Å². The first-order valence-electron chi connectivity index (χ1n) is 8.03. The van der Waals surface area contributed by atoms with Crippen molar-refractivity contribution in [2.24, 2.45) is 0 Å². The van der Waals surface area contributed by atoms with Crippen molar-refractivity contribution >= 4 is 23.2 Å². The topological polar surface area (TPSA) is 58.6 Å². The van der Waals surface area contributed by atoms with Crippen LogP contribution in [0.5, 0.6) is 5.75 Å². The number of hydrogen-bond donors (Lipinski definition) is 1. The molecule has 126 valence electrons. The smallest absolute Gasteiger partial charge is 0.251 e. The molecule has 0 spiro atoms. The minimum atomic E-state index is -0.260. The number of nitrogens with zero attached hydrogens (tertiary/aromatic N) is 1. The summed E-state index contributed by atoms with van der Waals surface area (Å²) in [4.78, 5) is 27.1. The number of thiophene rings is 1. The Morgan fingerprint density at radius 3 is 2.75 bits per heavy atom. The van der Waals surface area contributed by atoms with Gasteiger partial charge in [-0.2, -0.15) is 0 Å². The molecule has 0 radical (unpaired) electrons. The van der Waals surface area contributed by atoms with Crippen molar-refractivity contribution in [1.82, 2.24) is 10.2 Å². The van der Waals surface area contributed by atoms with Gasteiger partial charge >= 0.3 is 0 Å². The Bertz CT molecular complexity index is 694. The summed E-state index contributed by atoms with van der Waals surface area (Å²) in [5, 5.41) is 4.69. The van der Waals surface area contributed by atoms with Gasteiger partial charge in [-0.15, -0.1) is 11.3 Å². The largest absolute Gasteiger partial charge is 0.488 e. The molecule has 5 nitrogen and oxygen atoms in total. The number of rotatable bonds is 6. The van der Waals surface area contributed by atoms with Crippen LogP contribution in [0.4, 0.5) is 0 Å². The van der Waals surface area contributed by atoms with Gasteiger partial charge in [-0.1, -0.05) is 12.1 Å². The Labute approximate surface area is 145 Å². The van der Waals surface area contributed by atoms with E-state index in [2.05, 4.69) is 5.32 Å². The number of hydrogen-bond acceptors (Lipinski definition) is 4. The van der Waals surface area contributed by atoms with Gasteiger partial charge in [0.15, 0.2) is 0 Å². The van der Waals surface area contributed by atoms with Crippen molar-refractivity contribution < 1.29 is 14.3 Å². The van der Waals surface area contributed by atoms with Crippen LogP contribution >= 0.6 is 11.3 Å². The summed E-state index contributed by atoms with van der Waals surface area (Å²) in [6.45, 7) is 2.11. The van der Waals surface area contributed by atoms with Gasteiger partial charge in [0.2, 0.25) is 5.91 Å². The molecule has 1 fully saturated rings. The predicted molar refractivity (Wildman–Crippen MR) is 93.2 cm³/mol. The maximum Gasteiger partial charge on any atom is 0.251 e. The molecule has 0 aliphatic carbocycles. The molecular formula is C18H20N2O3S. The molecule has 1 aliphatic heterocycles. The maximum absolute atomic E-state index is 12.2. The van der Waals surface area contributed by atoms with E-state index in [9.17, 15) is 9.59 Å². The second kappa shape index (κ2) is 7.97. The van der Waals surface area contributed by atoms with E-state index in [0.717, 1.165) is 30.8 Å². The summed E-state index contributed by atoms with van der Waals surface area (Å²) in [7, 11) is 0. The Hall–Kier alpha value is -2.34. The second-order valence-corrected chi connectivity index (χ2v) is 6.70. The second-order valence-electron chi connectivity index (χ2n) is 5.67. The van der Waals surface area contributed by atoms with Gasteiger partial charge in [-0.05, 0) is 42.5 Å². The van der Waals surface area contributed by atoms with Crippen molar-refractivity contribution in [3.8, 4) is 5.75 Å². The number of likely N-dealkylation sites (tertiary alicyclic amines) is 1. The zero-order valence-corrected chi connectivity index (χ0v) is 14.2. The molecular weight excluding hydrogens is 324 g/mol. The lowest BCUT2D eigenvalue weighted by atomic mass is 10.2. The van der Waals surface area contributed by atoms with Crippen LogP contribution in [0.3, 0.4) is 0 Å². The van der Waals surface area contributed by atoms with Gasteiger partial charge in [-0.3, -0.25) is 9.59 Å². The maximum atomic E-state index is 12.2. The van der Waals surface area contributed by atoms with E-state index < -0.39 is 0 Å². The first-order chi connectivity index (χ1) is 11.7. The zero-order chi connectivity index (χ0) is 16.8. The molecule has 2 aromatic rings. The molecule has 0 saturated carbocycles. The summed E-state index contributed by atoms with van der Waals surface area (Å²) < 4.78 is 5.70. The standard InChI is InChI=1S/C18H20N2O3S/c21-17(20-8-1-2-9-20)12-19-18(22)14-5-3-6-15(11-14)23-13-16-7-4-10-24-16/h3-7,10-11H,1-2,8-9,12-13H2,(H,19,22). The van der Waals surface area contributed by atoms with Crippen LogP contribution in [-0.2, 0) is 11.4 Å². The zero-order valence-electron chi connectivity index (χ0n) is 13.4. The van der Waals surface area contributed by atoms with Crippen LogP contribution in [0.15, 0.2) is 41.8 Å². The third-order valence-electron chi connectivity index (χ3n) is 3.92. The summed E-state index contributed by atoms with van der Waals surface area (Å²) >= 11 is 1.63. The lowest BCUT2D eigenvalue weighted by molar-refractivity contribution is -0.129. The van der Waals surface area contributed by atoms with Crippen molar-refractivity contribution in [2.75, 3.05) is 19.6 Å². The first kappa shape index (κ1) is 16.5. The highest BCUT2D eigenvalue weighted by molar-refractivity contribution is 7.09. The molecule has 1 aliphatic rings. The highest BCUT2D eigenvalue weighted by Crippen LogP contribution is 2.17. The van der Waals surface area contributed by atoms with Crippen LogP contribution in [0.2, 0.25) is 0 Å². The van der Waals surface area contributed by atoms with Gasteiger partial charge < -0.3 is 15.0 Å². The number of benzene rings is 1. The van der Waals surface area contributed by atoms with Gasteiger partial charge in [0.1, 0.15) is 12.4 Å². The van der Waals surface area contributed by atoms with Gasteiger partial charge in [-0.25, -0.2) is 0 Å². The van der Waals surface area contributed by atoms with E-state index >= 15 is 0 Å². The Kier molecular flexibility index (Phi) is 5.48. The minimum absolute atomic E-state index is 0.0223. The highest BCUT2D eigenvalue weighted by atomic mass is 32.1. The molecule has 0 atom stereocenters. The third kappa shape index (κ3) is 4.35. The number of ether oxygens (including phenoxy) is 1. The van der Waals surface area contributed by atoms with Crippen LogP contribution < -0.4 is 10.1 Å². The normalized spacial score (nSPS) is 13.8. The molecule has 2 heterocycles. The fraction of sp³-hybridized carbons (Fsp3) is 0.333. The van der Waals surface area contributed by atoms with E-state index in [1.165, 1.54) is 0 Å². The molecule has 1 aromatic carbocycles. The lowest BCUT2D eigenvalue weighted by Crippen LogP contribution is -2.38. The molecule has 6 heteroatoms. The van der Waals surface area contributed by atoms with E-state index in [1.807, 2.05) is 23.6 Å². The predicted octanol–water partition coefficient (Wildman–Crippen LogP) is 2.68. The monoisotopic (exact) mass is 344 g/mol. The quantitative estimate of drug-likeness (QED) is 0.876. The Morgan fingerprint density at radius 1 is 1.17 bits per heavy atom. The summed E-state index contributed by atoms with van der Waals surface area (Å²) in [5.41, 5.74) is 0.493. The van der Waals surface area contributed by atoms with Crippen molar-refractivity contribution in [2.45, 2.75) is 19.4 Å². The molecule has 0 unspecified atom stereocenters. The fourth-order valence-corrected chi connectivity index (χ4v) is 3.23. The molecule has 1 N–H and O–H groups in total. The summed E-state index contributed by atoms with van der Waals surface area (Å²) in [6.07, 6.45) is 2.09. The van der Waals surface area contributed by atoms with Crippen molar-refractivity contribution in [1.29, 1.82) is 0 Å². The van der Waals surface area contributed by atoms with Gasteiger partial charge in [0.25, 0.3) is 5.91 Å². The third-order valence-corrected chi connectivity index (χ3v) is 4.77. The average Bonchev–Trinajstić information content (AvgIpc) is 3.31. The van der Waals surface area contributed by atoms with Crippen LogP contribution in [0.25, 0.3) is 0 Å². The molecule has 0 bridgehead atoms. The average molecular weight is 344 g/mol. The SMILES string of the molecule is O=C(NCC(=O)N1CCCC1)c1cccc(OCc2cccs2)c1. The van der Waals surface area contributed by atoms with Crippen LogP contribution in [0.1, 0.15) is 28.1 Å². The summed E-state index contributed by atoms with van der Waals surface area (Å²) in [6, 6.07) is 11.0. The minimum Gasteiger partial charge on any atom is -0.488 e. The van der Waals surface area contributed by atoms with E-state index in [-0.39, 0.29) is 18.4 Å². The number of amides is 2. The number of carbonyl (C=O) groups is 2. The molecule has 1 aromatic heterocycles. The molecule has 1 saturated heterocycles. The van der Waals surface area contributed by atoms with E-state index in [0.29, 0.717) is 17.9 Å². The fourth-order valence-electron chi connectivity index (χ4n) is 2.61. The van der Waals surface area contributed by atoms with Gasteiger partial charge in [0, 0.05) is 23.5 Å². The van der Waals surface area contributed by atoms with Crippen molar-refractivity contribution in [3.05, 3.63) is 52.2 Å². The Balaban J connectivity index is 1.52. The first-order valence-corrected chi connectivity index (χ1v) is 8.91. The van der Waals surface area contributed by atoms with Crippen molar-refractivity contribution in [3.63, 3.8) is 0 Å². The highest BCUT2D eigenvalue weighted by Gasteiger charge is 2.18. The van der Waals surface area contributed by atoms with Crippen LogP contribution in [-0.4, -0.2) is 36.3 Å². The molecule has 2 amide bonds. The number of carbonyl (C=O) groups excluding carboxylic acids is 2. The summed E-state index contributed by atoms with van der Waals surface area (Å²) in [5.74, 6) is 0.358.